The molecule has 0 atom stereocenters. The van der Waals surface area contributed by atoms with Crippen molar-refractivity contribution in [2.45, 2.75) is 0 Å². The number of benzene rings is 7. The molecule has 0 aliphatic carbocycles. The number of para-hydroxylation sites is 1. The molecule has 3 heterocycles. The molecule has 51 heavy (non-hydrogen) atoms. The topological polar surface area (TPSA) is 38.7 Å². The van der Waals surface area contributed by atoms with Gasteiger partial charge in [0.25, 0.3) is 0 Å². The molecular formula is C47H29N3S. The maximum Gasteiger partial charge on any atom is 0.160 e. The van der Waals surface area contributed by atoms with Gasteiger partial charge in [0.1, 0.15) is 0 Å². The number of hydrogen-bond donors (Lipinski definition) is 0. The molecule has 0 radical (unpaired) electrons. The Morgan fingerprint density at radius 3 is 1.59 bits per heavy atom. The molecule has 3 aromatic heterocycles. The first-order valence-electron chi connectivity index (χ1n) is 17.1. The molecular weight excluding hydrogens is 639 g/mol. The van der Waals surface area contributed by atoms with Crippen LogP contribution in [0.1, 0.15) is 0 Å². The number of hydrogen-bond acceptors (Lipinski definition) is 4. The van der Waals surface area contributed by atoms with Crippen LogP contribution in [-0.4, -0.2) is 15.0 Å². The first-order chi connectivity index (χ1) is 25.3. The fraction of sp³-hybridized carbons (Fsp3) is 0. The second-order valence-corrected chi connectivity index (χ2v) is 13.9. The molecule has 10 rings (SSSR count). The summed E-state index contributed by atoms with van der Waals surface area (Å²) in [5.74, 6) is 0.702. The van der Waals surface area contributed by atoms with Gasteiger partial charge in [0.05, 0.1) is 22.6 Å². The van der Waals surface area contributed by atoms with Crippen molar-refractivity contribution in [1.82, 2.24) is 15.0 Å². The van der Waals surface area contributed by atoms with Gasteiger partial charge in [-0.25, -0.2) is 15.0 Å². The molecule has 0 aliphatic rings. The average molecular weight is 668 g/mol. The van der Waals surface area contributed by atoms with Crippen LogP contribution < -0.4 is 0 Å². The maximum absolute atomic E-state index is 5.26. The lowest BCUT2D eigenvalue weighted by Gasteiger charge is -2.13. The fourth-order valence-corrected chi connectivity index (χ4v) is 8.31. The van der Waals surface area contributed by atoms with Crippen LogP contribution in [0.5, 0.6) is 0 Å². The average Bonchev–Trinajstić information content (AvgIpc) is 3.60. The minimum absolute atomic E-state index is 0.702. The lowest BCUT2D eigenvalue weighted by atomic mass is 9.95. The van der Waals surface area contributed by atoms with E-state index in [1.807, 2.05) is 35.6 Å². The molecule has 0 aliphatic heterocycles. The van der Waals surface area contributed by atoms with Crippen LogP contribution in [0.3, 0.4) is 0 Å². The van der Waals surface area contributed by atoms with Crippen molar-refractivity contribution in [3.63, 3.8) is 0 Å². The third kappa shape index (κ3) is 5.16. The molecule has 0 unspecified atom stereocenters. The minimum Gasteiger partial charge on any atom is -0.247 e. The summed E-state index contributed by atoms with van der Waals surface area (Å²) in [6.07, 6.45) is 0. The quantitative estimate of drug-likeness (QED) is 0.171. The number of aromatic nitrogens is 3. The minimum atomic E-state index is 0.702. The van der Waals surface area contributed by atoms with E-state index in [1.165, 1.54) is 42.1 Å². The Morgan fingerprint density at radius 2 is 0.882 bits per heavy atom. The molecule has 0 amide bonds. The van der Waals surface area contributed by atoms with E-state index in [2.05, 4.69) is 152 Å². The summed E-state index contributed by atoms with van der Waals surface area (Å²) >= 11 is 1.85. The summed E-state index contributed by atoms with van der Waals surface area (Å²) < 4.78 is 2.60. The molecule has 0 saturated heterocycles. The largest absolute Gasteiger partial charge is 0.247 e. The standard InChI is InChI=1S/C47H29N3S/c1-3-11-30(12-4-1)31-19-21-32(22-20-31)40-29-41(50-47(49-40)35-13-5-2-6-14-35)33-23-25-34(26-24-33)46-38-27-28-43-45(37-16-8-10-18-42(37)51-43)44(38)36-15-7-9-17-39(36)48-46/h1-29H. The molecule has 0 spiro atoms. The summed E-state index contributed by atoms with van der Waals surface area (Å²) in [4.78, 5) is 15.4. The van der Waals surface area contributed by atoms with Gasteiger partial charge in [-0.2, -0.15) is 0 Å². The van der Waals surface area contributed by atoms with Crippen LogP contribution in [0.2, 0.25) is 0 Å². The van der Waals surface area contributed by atoms with Crippen LogP contribution in [0.25, 0.3) is 98.1 Å². The van der Waals surface area contributed by atoms with E-state index < -0.39 is 0 Å². The maximum atomic E-state index is 5.26. The van der Waals surface area contributed by atoms with Gasteiger partial charge in [-0.15, -0.1) is 11.3 Å². The number of fused-ring (bicyclic) bond motifs is 7. The zero-order valence-corrected chi connectivity index (χ0v) is 28.3. The van der Waals surface area contributed by atoms with Crippen molar-refractivity contribution < 1.29 is 0 Å². The van der Waals surface area contributed by atoms with E-state index in [1.54, 1.807) is 0 Å². The van der Waals surface area contributed by atoms with E-state index in [0.717, 1.165) is 50.2 Å². The fourth-order valence-electron chi connectivity index (χ4n) is 7.20. The van der Waals surface area contributed by atoms with Gasteiger partial charge in [-0.1, -0.05) is 152 Å². The summed E-state index contributed by atoms with van der Waals surface area (Å²) in [5, 5.41) is 6.21. The van der Waals surface area contributed by atoms with Gasteiger partial charge in [0, 0.05) is 58.6 Å². The van der Waals surface area contributed by atoms with Crippen molar-refractivity contribution in [3.05, 3.63) is 176 Å². The lowest BCUT2D eigenvalue weighted by molar-refractivity contribution is 1.18. The normalized spacial score (nSPS) is 11.5. The Kier molecular flexibility index (Phi) is 7.00. The monoisotopic (exact) mass is 667 g/mol. The smallest absolute Gasteiger partial charge is 0.160 e. The molecule has 7 aromatic carbocycles. The predicted molar refractivity (Wildman–Crippen MR) is 215 cm³/mol. The van der Waals surface area contributed by atoms with Crippen molar-refractivity contribution in [2.75, 3.05) is 0 Å². The number of thiophene rings is 1. The van der Waals surface area contributed by atoms with Gasteiger partial charge in [0.2, 0.25) is 0 Å². The highest BCUT2D eigenvalue weighted by Gasteiger charge is 2.17. The van der Waals surface area contributed by atoms with Crippen LogP contribution in [0, 0.1) is 0 Å². The lowest BCUT2D eigenvalue weighted by Crippen LogP contribution is -1.96. The zero-order valence-electron chi connectivity index (χ0n) is 27.5. The summed E-state index contributed by atoms with van der Waals surface area (Å²) in [6.45, 7) is 0. The van der Waals surface area contributed by atoms with E-state index in [-0.39, 0.29) is 0 Å². The predicted octanol–water partition coefficient (Wildman–Crippen LogP) is 12.9. The number of nitrogens with zero attached hydrogens (tertiary/aromatic N) is 3. The number of pyridine rings is 1. The molecule has 238 valence electrons. The van der Waals surface area contributed by atoms with Crippen LogP contribution in [0.4, 0.5) is 0 Å². The Hall–Kier alpha value is -6.49. The van der Waals surface area contributed by atoms with Gasteiger partial charge < -0.3 is 0 Å². The number of rotatable bonds is 5. The summed E-state index contributed by atoms with van der Waals surface area (Å²) in [5.41, 5.74) is 10.2. The Balaban J connectivity index is 1.10. The highest BCUT2D eigenvalue weighted by Crippen LogP contribution is 2.43. The molecule has 10 aromatic rings. The highest BCUT2D eigenvalue weighted by atomic mass is 32.1. The van der Waals surface area contributed by atoms with Crippen LogP contribution >= 0.6 is 11.3 Å². The van der Waals surface area contributed by atoms with Gasteiger partial charge in [-0.05, 0) is 35.4 Å². The van der Waals surface area contributed by atoms with Gasteiger partial charge in [0.15, 0.2) is 5.82 Å². The SMILES string of the molecule is c1ccc(-c2ccc(-c3cc(-c4ccc(-c5nc6ccccc6c6c5ccc5sc7ccccc7c56)cc4)nc(-c4ccccc4)n3)cc2)cc1. The van der Waals surface area contributed by atoms with Crippen molar-refractivity contribution in [2.24, 2.45) is 0 Å². The van der Waals surface area contributed by atoms with E-state index >= 15 is 0 Å². The van der Waals surface area contributed by atoms with Crippen molar-refractivity contribution >= 4 is 53.2 Å². The second kappa shape index (κ2) is 12.1. The van der Waals surface area contributed by atoms with E-state index in [9.17, 15) is 0 Å². The molecule has 0 bridgehead atoms. The third-order valence-corrected chi connectivity index (χ3v) is 10.8. The Bertz CT molecular complexity index is 2880. The van der Waals surface area contributed by atoms with E-state index in [4.69, 9.17) is 15.0 Å². The van der Waals surface area contributed by atoms with Crippen molar-refractivity contribution in [3.8, 4) is 56.3 Å². The van der Waals surface area contributed by atoms with Gasteiger partial charge >= 0.3 is 0 Å². The summed E-state index contributed by atoms with van der Waals surface area (Å²) in [7, 11) is 0. The Labute approximate surface area is 299 Å². The molecule has 0 fully saturated rings. The second-order valence-electron chi connectivity index (χ2n) is 12.8. The van der Waals surface area contributed by atoms with Crippen molar-refractivity contribution in [1.29, 1.82) is 0 Å². The molecule has 0 N–H and O–H groups in total. The van der Waals surface area contributed by atoms with Gasteiger partial charge in [-0.3, -0.25) is 0 Å². The highest BCUT2D eigenvalue weighted by molar-refractivity contribution is 7.26. The summed E-state index contributed by atoms with van der Waals surface area (Å²) in [6, 6.07) is 61.8. The first-order valence-corrected chi connectivity index (χ1v) is 17.9. The molecule has 4 heteroatoms. The van der Waals surface area contributed by atoms with Crippen LogP contribution in [0.15, 0.2) is 176 Å². The molecule has 3 nitrogen and oxygen atoms in total. The third-order valence-electron chi connectivity index (χ3n) is 9.70. The first kappa shape index (κ1) is 29.4. The van der Waals surface area contributed by atoms with E-state index in [0.29, 0.717) is 5.82 Å². The Morgan fingerprint density at radius 1 is 0.333 bits per heavy atom. The van der Waals surface area contributed by atoms with Crippen LogP contribution in [-0.2, 0) is 0 Å². The molecule has 0 saturated carbocycles. The zero-order chi connectivity index (χ0) is 33.7.